The molecule has 0 aromatic carbocycles. The van der Waals surface area contributed by atoms with Crippen molar-refractivity contribution < 1.29 is 14.3 Å². The Hall–Kier alpha value is -1.47. The fraction of sp³-hybridized carbons (Fsp3) is 0.800. The van der Waals surface area contributed by atoms with Gasteiger partial charge in [0.25, 0.3) is 5.91 Å². The van der Waals surface area contributed by atoms with Crippen molar-refractivity contribution in [3.8, 4) is 0 Å². The van der Waals surface area contributed by atoms with Crippen LogP contribution in [0.15, 0.2) is 6.33 Å². The van der Waals surface area contributed by atoms with Crippen LogP contribution in [0.1, 0.15) is 23.5 Å². The molecule has 3 heterocycles. The first kappa shape index (κ1) is 14.1. The zero-order valence-electron chi connectivity index (χ0n) is 12.9. The third-order valence-electron chi connectivity index (χ3n) is 5.04. The Morgan fingerprint density at radius 3 is 3.14 bits per heavy atom. The molecule has 3 aliphatic rings. The van der Waals surface area contributed by atoms with Crippen LogP contribution in [0.3, 0.4) is 0 Å². The van der Waals surface area contributed by atoms with Crippen molar-refractivity contribution in [3.63, 3.8) is 0 Å². The fourth-order valence-electron chi connectivity index (χ4n) is 3.48. The van der Waals surface area contributed by atoms with Gasteiger partial charge in [-0.05, 0) is 18.8 Å². The van der Waals surface area contributed by atoms with Crippen LogP contribution in [0.2, 0.25) is 0 Å². The Balaban J connectivity index is 1.42. The van der Waals surface area contributed by atoms with Crippen LogP contribution in [-0.2, 0) is 16.5 Å². The number of rotatable bonds is 5. The summed E-state index contributed by atoms with van der Waals surface area (Å²) in [6, 6.07) is 0. The number of fused-ring (bicyclic) bond motifs is 1. The molecule has 7 nitrogen and oxygen atoms in total. The van der Waals surface area contributed by atoms with Gasteiger partial charge in [0.1, 0.15) is 6.33 Å². The highest BCUT2D eigenvalue weighted by molar-refractivity contribution is 5.90. The maximum Gasteiger partial charge on any atom is 0.293 e. The van der Waals surface area contributed by atoms with Gasteiger partial charge in [0.2, 0.25) is 5.82 Å². The highest BCUT2D eigenvalue weighted by Crippen LogP contribution is 2.42. The lowest BCUT2D eigenvalue weighted by molar-refractivity contribution is 0.0222. The third-order valence-corrected chi connectivity index (χ3v) is 5.04. The summed E-state index contributed by atoms with van der Waals surface area (Å²) in [5.74, 6) is 1.31. The van der Waals surface area contributed by atoms with E-state index in [1.807, 2.05) is 4.90 Å². The molecule has 1 aliphatic carbocycles. The second kappa shape index (κ2) is 5.31. The number of amides is 1. The molecule has 4 rings (SSSR count). The average Bonchev–Trinajstić information content (AvgIpc) is 2.92. The van der Waals surface area contributed by atoms with E-state index < -0.39 is 0 Å². The maximum absolute atomic E-state index is 12.5. The molecule has 1 amide bonds. The predicted octanol–water partition coefficient (Wildman–Crippen LogP) is 0.330. The van der Waals surface area contributed by atoms with Gasteiger partial charge in [0.15, 0.2) is 0 Å². The fourth-order valence-corrected chi connectivity index (χ4v) is 3.48. The lowest BCUT2D eigenvalue weighted by Gasteiger charge is -2.26. The molecule has 0 spiro atoms. The Kier molecular flexibility index (Phi) is 3.41. The van der Waals surface area contributed by atoms with Gasteiger partial charge in [-0.1, -0.05) is 0 Å². The minimum absolute atomic E-state index is 0.0423. The first-order valence-corrected chi connectivity index (χ1v) is 7.97. The van der Waals surface area contributed by atoms with Crippen LogP contribution < -0.4 is 0 Å². The number of aryl methyl sites for hydroxylation is 1. The Morgan fingerprint density at radius 1 is 1.55 bits per heavy atom. The van der Waals surface area contributed by atoms with Gasteiger partial charge in [-0.25, -0.2) is 4.98 Å². The van der Waals surface area contributed by atoms with Gasteiger partial charge < -0.3 is 14.4 Å². The first-order valence-electron chi connectivity index (χ1n) is 7.97. The molecule has 0 N–H and O–H groups in total. The van der Waals surface area contributed by atoms with E-state index in [0.717, 1.165) is 12.5 Å². The molecule has 7 heteroatoms. The standard InChI is InChI=1S/C15H22N4O3/c1-18-10-16-13(17-18)14(20)19-4-12-6-22-9-15(12,7-19)8-21-5-11-2-3-11/h10-12H,2-9H2,1H3/t12-,15-/m1/s1. The molecule has 0 radical (unpaired) electrons. The molecule has 0 unspecified atom stereocenters. The second-order valence-electron chi connectivity index (χ2n) is 6.96. The molecule has 1 aromatic rings. The van der Waals surface area contributed by atoms with Gasteiger partial charge in [0.05, 0.1) is 19.8 Å². The zero-order valence-corrected chi connectivity index (χ0v) is 12.9. The highest BCUT2D eigenvalue weighted by Gasteiger charge is 2.52. The Bertz CT molecular complexity index is 571. The van der Waals surface area contributed by atoms with Crippen LogP contribution in [0.25, 0.3) is 0 Å². The van der Waals surface area contributed by atoms with Gasteiger partial charge in [-0.3, -0.25) is 9.48 Å². The molecule has 120 valence electrons. The van der Waals surface area contributed by atoms with Gasteiger partial charge in [-0.2, -0.15) is 0 Å². The summed E-state index contributed by atoms with van der Waals surface area (Å²) >= 11 is 0. The molecule has 2 saturated heterocycles. The molecular weight excluding hydrogens is 284 g/mol. The molecule has 2 atom stereocenters. The smallest absolute Gasteiger partial charge is 0.293 e. The minimum Gasteiger partial charge on any atom is -0.380 e. The van der Waals surface area contributed by atoms with Crippen molar-refractivity contribution in [1.29, 1.82) is 0 Å². The van der Waals surface area contributed by atoms with Crippen molar-refractivity contribution in [2.45, 2.75) is 12.8 Å². The summed E-state index contributed by atoms with van der Waals surface area (Å²) in [6.07, 6.45) is 4.15. The predicted molar refractivity (Wildman–Crippen MR) is 77.2 cm³/mol. The van der Waals surface area contributed by atoms with Crippen molar-refractivity contribution in [1.82, 2.24) is 19.7 Å². The van der Waals surface area contributed by atoms with E-state index in [0.29, 0.717) is 38.8 Å². The van der Waals surface area contributed by atoms with Crippen molar-refractivity contribution in [2.24, 2.45) is 24.3 Å². The monoisotopic (exact) mass is 306 g/mol. The normalized spacial score (nSPS) is 30.8. The molecule has 22 heavy (non-hydrogen) atoms. The van der Waals surface area contributed by atoms with Crippen LogP contribution >= 0.6 is 0 Å². The van der Waals surface area contributed by atoms with Crippen LogP contribution in [-0.4, -0.2) is 65.1 Å². The summed E-state index contributed by atoms with van der Waals surface area (Å²) in [5, 5.41) is 4.12. The maximum atomic E-state index is 12.5. The summed E-state index contributed by atoms with van der Waals surface area (Å²) in [6.45, 7) is 4.33. The highest BCUT2D eigenvalue weighted by atomic mass is 16.5. The lowest BCUT2D eigenvalue weighted by Crippen LogP contribution is -2.37. The summed E-state index contributed by atoms with van der Waals surface area (Å²) in [7, 11) is 1.77. The van der Waals surface area contributed by atoms with Gasteiger partial charge >= 0.3 is 0 Å². The summed E-state index contributed by atoms with van der Waals surface area (Å²) in [4.78, 5) is 18.5. The SMILES string of the molecule is Cn1cnc(C(=O)N2C[C@@H]3COC[C@]3(COCC3CC3)C2)n1. The minimum atomic E-state index is -0.0865. The van der Waals surface area contributed by atoms with Gasteiger partial charge in [0, 0.05) is 38.1 Å². The molecule has 0 bridgehead atoms. The summed E-state index contributed by atoms with van der Waals surface area (Å²) < 4.78 is 13.2. The van der Waals surface area contributed by atoms with Crippen molar-refractivity contribution in [2.75, 3.05) is 39.5 Å². The number of ether oxygens (including phenoxy) is 2. The van der Waals surface area contributed by atoms with Crippen molar-refractivity contribution in [3.05, 3.63) is 12.2 Å². The lowest BCUT2D eigenvalue weighted by atomic mass is 9.82. The van der Waals surface area contributed by atoms with Crippen molar-refractivity contribution >= 4 is 5.91 Å². The Labute approximate surface area is 129 Å². The first-order chi connectivity index (χ1) is 10.7. The average molecular weight is 306 g/mol. The van der Waals surface area contributed by atoms with E-state index in [1.54, 1.807) is 18.1 Å². The number of aromatic nitrogens is 3. The number of carbonyl (C=O) groups excluding carboxylic acids is 1. The van der Waals surface area contributed by atoms with Gasteiger partial charge in [-0.15, -0.1) is 5.10 Å². The van der Waals surface area contributed by atoms with E-state index >= 15 is 0 Å². The van der Waals surface area contributed by atoms with E-state index in [4.69, 9.17) is 9.47 Å². The van der Waals surface area contributed by atoms with E-state index in [-0.39, 0.29) is 17.1 Å². The van der Waals surface area contributed by atoms with Crippen LogP contribution in [0, 0.1) is 17.3 Å². The van der Waals surface area contributed by atoms with E-state index in [1.165, 1.54) is 12.8 Å². The van der Waals surface area contributed by atoms with Crippen LogP contribution in [0.4, 0.5) is 0 Å². The number of hydrogen-bond acceptors (Lipinski definition) is 5. The summed E-state index contributed by atoms with van der Waals surface area (Å²) in [5.41, 5.74) is -0.0423. The number of likely N-dealkylation sites (tertiary alicyclic amines) is 1. The molecule has 3 fully saturated rings. The zero-order chi connectivity index (χ0) is 15.2. The second-order valence-corrected chi connectivity index (χ2v) is 6.96. The number of carbonyl (C=O) groups is 1. The third kappa shape index (κ3) is 2.52. The topological polar surface area (TPSA) is 69.5 Å². The van der Waals surface area contributed by atoms with E-state index in [9.17, 15) is 4.79 Å². The Morgan fingerprint density at radius 2 is 2.41 bits per heavy atom. The number of nitrogens with zero attached hydrogens (tertiary/aromatic N) is 4. The molecule has 1 saturated carbocycles. The largest absolute Gasteiger partial charge is 0.380 e. The molecule has 2 aliphatic heterocycles. The molecule has 1 aromatic heterocycles. The van der Waals surface area contributed by atoms with E-state index in [2.05, 4.69) is 10.1 Å². The quantitative estimate of drug-likeness (QED) is 0.784. The van der Waals surface area contributed by atoms with Crippen LogP contribution in [0.5, 0.6) is 0 Å². The number of hydrogen-bond donors (Lipinski definition) is 0. The molecular formula is C15H22N4O3.